The van der Waals surface area contributed by atoms with E-state index in [9.17, 15) is 14.4 Å². The molecule has 17 heteroatoms. The fraction of sp³-hybridized carbons (Fsp3) is 0.268. The number of amides is 3. The third-order valence-electron chi connectivity index (χ3n) is 10.9. The maximum Gasteiger partial charge on any atom is 0.412 e. The average Bonchev–Trinajstić information content (AvgIpc) is 3.32. The number of ether oxygens (including phenoxy) is 2. The maximum atomic E-state index is 14.4. The third kappa shape index (κ3) is 13.9. The summed E-state index contributed by atoms with van der Waals surface area (Å²) < 4.78 is 10.9. The van der Waals surface area contributed by atoms with Crippen LogP contribution in [0, 0.1) is 0 Å². The highest BCUT2D eigenvalue weighted by Gasteiger charge is 2.20. The normalized spacial score (nSPS) is 11.7. The van der Waals surface area contributed by atoms with Gasteiger partial charge in [0.15, 0.2) is 11.3 Å². The minimum atomic E-state index is -0.631. The van der Waals surface area contributed by atoms with Crippen molar-refractivity contribution >= 4 is 92.3 Å². The molecule has 4 N–H and O–H groups in total. The number of aromatic nitrogens is 6. The Kier molecular flexibility index (Phi) is 15.6. The molecule has 0 aliphatic rings. The molecular formula is C56H58N10O5S2. The van der Waals surface area contributed by atoms with Crippen molar-refractivity contribution in [3.8, 4) is 0 Å². The first kappa shape index (κ1) is 51.7. The van der Waals surface area contributed by atoms with Crippen LogP contribution in [-0.4, -0.2) is 59.2 Å². The lowest BCUT2D eigenvalue weighted by molar-refractivity contribution is 0.0624. The van der Waals surface area contributed by atoms with Gasteiger partial charge in [0.2, 0.25) is 0 Å². The molecule has 0 fully saturated rings. The molecule has 0 atom stereocenters. The molecule has 4 aromatic heterocycles. The quantitative estimate of drug-likeness (QED) is 0.0803. The second kappa shape index (κ2) is 22.0. The molecule has 0 unspecified atom stereocenters. The summed E-state index contributed by atoms with van der Waals surface area (Å²) in [6.07, 6.45) is 2.34. The Hall–Kier alpha value is -7.63. The number of hydrogen-bond acceptors (Lipinski definition) is 14. The number of benzene rings is 4. The van der Waals surface area contributed by atoms with E-state index in [4.69, 9.17) is 24.4 Å². The highest BCUT2D eigenvalue weighted by atomic mass is 32.2. The maximum absolute atomic E-state index is 14.4. The van der Waals surface area contributed by atoms with Gasteiger partial charge in [-0.05, 0) is 168 Å². The molecule has 4 aromatic carbocycles. The van der Waals surface area contributed by atoms with Crippen LogP contribution in [0.2, 0.25) is 0 Å². The summed E-state index contributed by atoms with van der Waals surface area (Å²) in [6, 6.07) is 34.3. The van der Waals surface area contributed by atoms with Crippen LogP contribution in [0.1, 0.15) is 114 Å². The van der Waals surface area contributed by atoms with Crippen LogP contribution in [0.15, 0.2) is 141 Å². The van der Waals surface area contributed by atoms with Gasteiger partial charge in [-0.2, -0.15) is 0 Å². The molecule has 0 saturated carbocycles. The topological polar surface area (TPSA) is 195 Å². The van der Waals surface area contributed by atoms with Gasteiger partial charge < -0.3 is 20.1 Å². The van der Waals surface area contributed by atoms with Gasteiger partial charge in [-0.15, -0.1) is 0 Å². The lowest BCUT2D eigenvalue weighted by atomic mass is 10.0. The van der Waals surface area contributed by atoms with Crippen molar-refractivity contribution in [1.29, 1.82) is 0 Å². The fourth-order valence-electron chi connectivity index (χ4n) is 7.42. The van der Waals surface area contributed by atoms with Gasteiger partial charge in [-0.3, -0.25) is 15.4 Å². The standard InChI is InChI=1S/C56H58N10O5S2/c1-32(2)43-23-21-41-45(57-30-58-49(41)64-43)28-35-27-34(11-25-47(35)72-39-17-12-36(13-18-39)62-53(68)70-55(5,6)7)52(67)61-38-16-26-48(73-40-19-14-37(15-20-40)63-54(69)71-56(8,9)10)46(29-38)66-51-42-22-24-44(33(3)4)65-50(42)59-31-60-51/h11-27,29-33H,28H2,1-10H3,(H,61,67)(H,62,68)(H,63,69)(H,59,60,65,66). The van der Waals surface area contributed by atoms with Gasteiger partial charge >= 0.3 is 12.2 Å². The van der Waals surface area contributed by atoms with Gasteiger partial charge in [-0.25, -0.2) is 39.5 Å². The van der Waals surface area contributed by atoms with Gasteiger partial charge in [-0.1, -0.05) is 51.2 Å². The van der Waals surface area contributed by atoms with Crippen molar-refractivity contribution in [3.05, 3.63) is 150 Å². The van der Waals surface area contributed by atoms with E-state index in [1.807, 2.05) is 151 Å². The largest absolute Gasteiger partial charge is 0.444 e. The van der Waals surface area contributed by atoms with Crippen molar-refractivity contribution in [1.82, 2.24) is 29.9 Å². The van der Waals surface area contributed by atoms with Crippen molar-refractivity contribution in [2.24, 2.45) is 0 Å². The number of hydrogen-bond donors (Lipinski definition) is 4. The number of carbonyl (C=O) groups excluding carboxylic acids is 3. The third-order valence-corrected chi connectivity index (χ3v) is 13.1. The molecule has 374 valence electrons. The summed E-state index contributed by atoms with van der Waals surface area (Å²) in [7, 11) is 0. The second-order valence-electron chi connectivity index (χ2n) is 19.9. The van der Waals surface area contributed by atoms with Crippen LogP contribution in [0.5, 0.6) is 0 Å². The molecule has 73 heavy (non-hydrogen) atoms. The number of pyridine rings is 2. The smallest absolute Gasteiger partial charge is 0.412 e. The summed E-state index contributed by atoms with van der Waals surface area (Å²) >= 11 is 3.04. The van der Waals surface area contributed by atoms with Crippen molar-refractivity contribution in [2.75, 3.05) is 21.3 Å². The molecule has 3 amide bonds. The monoisotopic (exact) mass is 1010 g/mol. The zero-order valence-electron chi connectivity index (χ0n) is 42.4. The predicted octanol–water partition coefficient (Wildman–Crippen LogP) is 14.2. The van der Waals surface area contributed by atoms with Gasteiger partial charge in [0.1, 0.15) is 29.7 Å². The molecule has 0 bridgehead atoms. The highest BCUT2D eigenvalue weighted by molar-refractivity contribution is 7.99. The minimum absolute atomic E-state index is 0.215. The van der Waals surface area contributed by atoms with E-state index in [0.29, 0.717) is 51.8 Å². The van der Waals surface area contributed by atoms with E-state index in [2.05, 4.69) is 63.9 Å². The number of nitrogens with zero attached hydrogens (tertiary/aromatic N) is 6. The van der Waals surface area contributed by atoms with Gasteiger partial charge in [0.05, 0.1) is 16.8 Å². The van der Waals surface area contributed by atoms with E-state index in [0.717, 1.165) is 53.0 Å². The Labute approximate surface area is 433 Å². The predicted molar refractivity (Wildman–Crippen MR) is 291 cm³/mol. The molecule has 0 aliphatic heterocycles. The molecular weight excluding hydrogens is 957 g/mol. The van der Waals surface area contributed by atoms with E-state index in [1.165, 1.54) is 36.2 Å². The lowest BCUT2D eigenvalue weighted by Crippen LogP contribution is -2.27. The van der Waals surface area contributed by atoms with Crippen LogP contribution in [-0.2, 0) is 15.9 Å². The molecule has 0 radical (unpaired) electrons. The number of rotatable bonds is 14. The first-order chi connectivity index (χ1) is 34.7. The summed E-state index contributed by atoms with van der Waals surface area (Å²) in [4.78, 5) is 70.8. The van der Waals surface area contributed by atoms with E-state index in [-0.39, 0.29) is 17.7 Å². The van der Waals surface area contributed by atoms with Crippen molar-refractivity contribution < 1.29 is 23.9 Å². The number of carbonyl (C=O) groups is 3. The van der Waals surface area contributed by atoms with Crippen LogP contribution in [0.3, 0.4) is 0 Å². The van der Waals surface area contributed by atoms with Crippen molar-refractivity contribution in [2.45, 2.75) is 118 Å². The zero-order valence-corrected chi connectivity index (χ0v) is 44.1. The second-order valence-corrected chi connectivity index (χ2v) is 22.1. The Bertz CT molecular complexity index is 3320. The van der Waals surface area contributed by atoms with E-state index in [1.54, 1.807) is 0 Å². The molecule has 0 spiro atoms. The minimum Gasteiger partial charge on any atom is -0.444 e. The summed E-state index contributed by atoms with van der Waals surface area (Å²) in [5.41, 5.74) is 6.26. The summed E-state index contributed by atoms with van der Waals surface area (Å²) in [6.45, 7) is 19.2. The number of fused-ring (bicyclic) bond motifs is 2. The molecule has 8 aromatic rings. The Morgan fingerprint density at radius 3 is 1.62 bits per heavy atom. The van der Waals surface area contributed by atoms with E-state index < -0.39 is 23.4 Å². The van der Waals surface area contributed by atoms with Crippen LogP contribution < -0.4 is 21.3 Å². The molecule has 4 heterocycles. The Morgan fingerprint density at radius 2 is 1.05 bits per heavy atom. The highest BCUT2D eigenvalue weighted by Crippen LogP contribution is 2.39. The van der Waals surface area contributed by atoms with Crippen LogP contribution in [0.4, 0.5) is 38.2 Å². The number of anilines is 5. The first-order valence-electron chi connectivity index (χ1n) is 23.9. The molecule has 15 nitrogen and oxygen atoms in total. The zero-order chi connectivity index (χ0) is 52.0. The van der Waals surface area contributed by atoms with Crippen molar-refractivity contribution in [3.63, 3.8) is 0 Å². The summed E-state index contributed by atoms with van der Waals surface area (Å²) in [5.74, 6) is 0.676. The first-order valence-corrected chi connectivity index (χ1v) is 25.5. The number of nitrogens with one attached hydrogen (secondary N) is 4. The van der Waals surface area contributed by atoms with Gasteiger partial charge in [0.25, 0.3) is 5.91 Å². The fourth-order valence-corrected chi connectivity index (χ4v) is 9.23. The lowest BCUT2D eigenvalue weighted by Gasteiger charge is -2.19. The Morgan fingerprint density at radius 1 is 0.548 bits per heavy atom. The van der Waals surface area contributed by atoms with Crippen LogP contribution in [0.25, 0.3) is 22.1 Å². The van der Waals surface area contributed by atoms with E-state index >= 15 is 0 Å². The molecule has 8 rings (SSSR count). The Balaban J connectivity index is 1.10. The van der Waals surface area contributed by atoms with Crippen LogP contribution >= 0.6 is 23.5 Å². The van der Waals surface area contributed by atoms with Gasteiger partial charge in [0, 0.05) is 65.4 Å². The molecule has 0 saturated heterocycles. The average molecular weight is 1020 g/mol. The SMILES string of the molecule is CC(C)c1ccc2c(Cc3cc(C(=O)Nc4ccc(Sc5ccc(NC(=O)OC(C)(C)C)cc5)c(Nc5ncnc6nc(C(C)C)ccc56)c4)ccc3Sc3ccc(NC(=O)OC(C)(C)C)cc3)ncnc2n1. The molecule has 0 aliphatic carbocycles. The summed E-state index contributed by atoms with van der Waals surface area (Å²) in [5, 5.41) is 13.8.